The van der Waals surface area contributed by atoms with E-state index in [1.54, 1.807) is 52.0 Å². The Morgan fingerprint density at radius 2 is 1.97 bits per heavy atom. The van der Waals surface area contributed by atoms with Crippen LogP contribution in [0.5, 0.6) is 0 Å². The molecular formula is C25H22ClN5OS2. The van der Waals surface area contributed by atoms with Crippen molar-refractivity contribution in [1.29, 1.82) is 0 Å². The zero-order chi connectivity index (χ0) is 23.7. The van der Waals surface area contributed by atoms with Crippen LogP contribution >= 0.6 is 34.7 Å². The van der Waals surface area contributed by atoms with Gasteiger partial charge in [0.25, 0.3) is 0 Å². The van der Waals surface area contributed by atoms with Gasteiger partial charge in [-0.25, -0.2) is 9.67 Å². The average Bonchev–Trinajstić information content (AvgIpc) is 3.48. The Labute approximate surface area is 211 Å². The van der Waals surface area contributed by atoms with Gasteiger partial charge in [0.1, 0.15) is 12.0 Å². The first-order valence-electron chi connectivity index (χ1n) is 10.8. The molecular weight excluding hydrogens is 486 g/mol. The Kier molecular flexibility index (Phi) is 6.54. The van der Waals surface area contributed by atoms with Gasteiger partial charge in [0.05, 0.1) is 0 Å². The highest BCUT2D eigenvalue weighted by Gasteiger charge is 2.40. The number of aliphatic imine (C=N–C) groups is 1. The van der Waals surface area contributed by atoms with Crippen molar-refractivity contribution in [3.63, 3.8) is 0 Å². The molecule has 0 radical (unpaired) electrons. The SMILES string of the molecule is CC1=Nc2nc(SCc3cccc(C)c3)nn2C(c2cccs2)C1C(=O)Nc1ccc(Cl)cc1. The van der Waals surface area contributed by atoms with E-state index in [4.69, 9.17) is 16.7 Å². The van der Waals surface area contributed by atoms with Crippen molar-refractivity contribution in [2.75, 3.05) is 5.32 Å². The Balaban J connectivity index is 1.44. The first-order valence-corrected chi connectivity index (χ1v) is 13.0. The summed E-state index contributed by atoms with van der Waals surface area (Å²) in [7, 11) is 0. The molecule has 172 valence electrons. The van der Waals surface area contributed by atoms with E-state index < -0.39 is 5.92 Å². The molecule has 0 bridgehead atoms. The van der Waals surface area contributed by atoms with E-state index in [1.165, 1.54) is 11.1 Å². The van der Waals surface area contributed by atoms with E-state index in [9.17, 15) is 4.79 Å². The van der Waals surface area contributed by atoms with E-state index in [1.807, 2.05) is 24.4 Å². The fourth-order valence-electron chi connectivity index (χ4n) is 4.00. The highest BCUT2D eigenvalue weighted by molar-refractivity contribution is 7.98. The van der Waals surface area contributed by atoms with Crippen LogP contribution in [0, 0.1) is 12.8 Å². The predicted molar refractivity (Wildman–Crippen MR) is 140 cm³/mol. The minimum atomic E-state index is -0.516. The standard InChI is InChI=1S/C25H22ClN5OS2/c1-15-5-3-6-17(13-15)14-34-25-29-24-27-16(2)21(22(31(24)30-25)20-7-4-12-33-20)23(32)28-19-10-8-18(26)9-11-19/h3-13,21-22H,14H2,1-2H3,(H,28,32). The number of benzene rings is 2. The van der Waals surface area contributed by atoms with E-state index in [2.05, 4.69) is 46.5 Å². The van der Waals surface area contributed by atoms with Crippen molar-refractivity contribution < 1.29 is 4.79 Å². The number of rotatable bonds is 6. The Hall–Kier alpha value is -2.94. The number of fused-ring (bicyclic) bond motifs is 1. The molecule has 4 aromatic rings. The topological polar surface area (TPSA) is 72.2 Å². The molecule has 5 rings (SSSR count). The number of aromatic nitrogens is 3. The average molecular weight is 508 g/mol. The van der Waals surface area contributed by atoms with E-state index in [-0.39, 0.29) is 11.9 Å². The van der Waals surface area contributed by atoms with Gasteiger partial charge in [0, 0.05) is 27.1 Å². The second-order valence-corrected chi connectivity index (χ2v) is 10.5. The van der Waals surface area contributed by atoms with Crippen molar-refractivity contribution >= 4 is 58.0 Å². The fourth-order valence-corrected chi connectivity index (χ4v) is 5.74. The molecule has 0 spiro atoms. The number of hydrogen-bond donors (Lipinski definition) is 1. The van der Waals surface area contributed by atoms with Gasteiger partial charge >= 0.3 is 0 Å². The lowest BCUT2D eigenvalue weighted by molar-refractivity contribution is -0.118. The number of thioether (sulfide) groups is 1. The zero-order valence-corrected chi connectivity index (χ0v) is 21.0. The molecule has 0 fully saturated rings. The summed E-state index contributed by atoms with van der Waals surface area (Å²) in [5.41, 5.74) is 3.83. The quantitative estimate of drug-likeness (QED) is 0.300. The third kappa shape index (κ3) is 4.80. The van der Waals surface area contributed by atoms with Gasteiger partial charge in [-0.15, -0.1) is 16.4 Å². The van der Waals surface area contributed by atoms with Gasteiger partial charge in [0.2, 0.25) is 17.0 Å². The molecule has 1 N–H and O–H groups in total. The van der Waals surface area contributed by atoms with Crippen molar-refractivity contribution in [2.45, 2.75) is 30.8 Å². The number of nitrogens with one attached hydrogen (secondary N) is 1. The largest absolute Gasteiger partial charge is 0.325 e. The number of thiophene rings is 1. The predicted octanol–water partition coefficient (Wildman–Crippen LogP) is 6.54. The molecule has 6 nitrogen and oxygen atoms in total. The van der Waals surface area contributed by atoms with E-state index in [0.29, 0.717) is 27.5 Å². The van der Waals surface area contributed by atoms with Crippen molar-refractivity contribution in [3.05, 3.63) is 87.1 Å². The lowest BCUT2D eigenvalue weighted by atomic mass is 9.91. The van der Waals surface area contributed by atoms with Crippen LogP contribution < -0.4 is 5.32 Å². The van der Waals surface area contributed by atoms with Crippen LogP contribution in [0.2, 0.25) is 5.02 Å². The number of anilines is 1. The van der Waals surface area contributed by atoms with Crippen LogP contribution in [0.4, 0.5) is 11.6 Å². The summed E-state index contributed by atoms with van der Waals surface area (Å²) in [4.78, 5) is 23.8. The van der Waals surface area contributed by atoms with Gasteiger partial charge < -0.3 is 5.32 Å². The molecule has 1 aliphatic rings. The first kappa shape index (κ1) is 22.8. The maximum absolute atomic E-state index is 13.4. The van der Waals surface area contributed by atoms with Crippen LogP contribution in [-0.2, 0) is 10.5 Å². The second-order valence-electron chi connectivity index (χ2n) is 8.10. The third-order valence-corrected chi connectivity index (χ3v) is 7.68. The molecule has 2 atom stereocenters. The normalized spacial score (nSPS) is 17.2. The van der Waals surface area contributed by atoms with Crippen LogP contribution in [0.1, 0.15) is 29.0 Å². The zero-order valence-electron chi connectivity index (χ0n) is 18.6. The molecule has 2 aromatic carbocycles. The third-order valence-electron chi connectivity index (χ3n) is 5.58. The van der Waals surface area contributed by atoms with Crippen LogP contribution in [0.15, 0.2) is 76.2 Å². The molecule has 2 unspecified atom stereocenters. The molecule has 0 saturated carbocycles. The summed E-state index contributed by atoms with van der Waals surface area (Å²) in [5.74, 6) is 0.631. The lowest BCUT2D eigenvalue weighted by Gasteiger charge is -2.29. The minimum absolute atomic E-state index is 0.142. The van der Waals surface area contributed by atoms with Crippen LogP contribution in [-0.4, -0.2) is 26.4 Å². The maximum Gasteiger partial charge on any atom is 0.249 e. The Morgan fingerprint density at radius 1 is 1.15 bits per heavy atom. The molecule has 0 aliphatic carbocycles. The maximum atomic E-state index is 13.4. The molecule has 0 saturated heterocycles. The fraction of sp³-hybridized carbons (Fsp3) is 0.200. The summed E-state index contributed by atoms with van der Waals surface area (Å²) in [5, 5.41) is 11.1. The number of amides is 1. The highest BCUT2D eigenvalue weighted by Crippen LogP contribution is 2.39. The second kappa shape index (κ2) is 9.74. The van der Waals surface area contributed by atoms with Crippen molar-refractivity contribution in [1.82, 2.24) is 14.8 Å². The molecule has 34 heavy (non-hydrogen) atoms. The molecule has 9 heteroatoms. The monoisotopic (exact) mass is 507 g/mol. The van der Waals surface area contributed by atoms with Crippen molar-refractivity contribution in [2.24, 2.45) is 10.9 Å². The van der Waals surface area contributed by atoms with Gasteiger partial charge in [-0.1, -0.05) is 59.3 Å². The van der Waals surface area contributed by atoms with Gasteiger partial charge in [-0.05, 0) is 55.1 Å². The van der Waals surface area contributed by atoms with Crippen molar-refractivity contribution in [3.8, 4) is 0 Å². The Bertz CT molecular complexity index is 1350. The number of aryl methyl sites for hydroxylation is 1. The summed E-state index contributed by atoms with van der Waals surface area (Å²) in [6, 6.07) is 19.2. The molecule has 1 amide bonds. The van der Waals surface area contributed by atoms with Crippen LogP contribution in [0.3, 0.4) is 0 Å². The summed E-state index contributed by atoms with van der Waals surface area (Å²) in [6.07, 6.45) is 0. The van der Waals surface area contributed by atoms with Gasteiger partial charge in [-0.3, -0.25) is 4.79 Å². The van der Waals surface area contributed by atoms with Gasteiger partial charge in [0.15, 0.2) is 0 Å². The lowest BCUT2D eigenvalue weighted by Crippen LogP contribution is -2.38. The summed E-state index contributed by atoms with van der Waals surface area (Å²) in [6.45, 7) is 3.96. The number of hydrogen-bond acceptors (Lipinski definition) is 6. The summed E-state index contributed by atoms with van der Waals surface area (Å²) >= 11 is 9.16. The molecule has 2 aromatic heterocycles. The first-order chi connectivity index (χ1) is 16.5. The smallest absolute Gasteiger partial charge is 0.249 e. The van der Waals surface area contributed by atoms with Crippen LogP contribution in [0.25, 0.3) is 0 Å². The number of nitrogens with zero attached hydrogens (tertiary/aromatic N) is 4. The van der Waals surface area contributed by atoms with E-state index >= 15 is 0 Å². The van der Waals surface area contributed by atoms with Gasteiger partial charge in [-0.2, -0.15) is 4.98 Å². The minimum Gasteiger partial charge on any atom is -0.325 e. The Morgan fingerprint density at radius 3 is 2.71 bits per heavy atom. The molecule has 3 heterocycles. The number of halogens is 1. The van der Waals surface area contributed by atoms with E-state index in [0.717, 1.165) is 10.6 Å². The molecule has 1 aliphatic heterocycles. The highest BCUT2D eigenvalue weighted by atomic mass is 35.5. The summed E-state index contributed by atoms with van der Waals surface area (Å²) < 4.78 is 1.80. The number of carbonyl (C=O) groups is 1. The number of carbonyl (C=O) groups excluding carboxylic acids is 1.